The Balaban J connectivity index is 2.03. The Bertz CT molecular complexity index is 1510. The van der Waals surface area contributed by atoms with Gasteiger partial charge in [-0.1, -0.05) is 93.1 Å². The van der Waals surface area contributed by atoms with Crippen LogP contribution >= 0.6 is 8.03 Å². The number of aliphatic hydroxyl groups is 1. The number of aromatic nitrogens is 1. The van der Waals surface area contributed by atoms with Crippen molar-refractivity contribution in [2.75, 3.05) is 0 Å². The van der Waals surface area contributed by atoms with Gasteiger partial charge in [-0.3, -0.25) is 9.78 Å². The van der Waals surface area contributed by atoms with E-state index in [2.05, 4.69) is 4.74 Å². The normalized spacial score (nSPS) is 13.0. The molecule has 0 fully saturated rings. The van der Waals surface area contributed by atoms with Crippen LogP contribution < -0.4 is 0 Å². The molecule has 0 amide bonds. The zero-order chi connectivity index (χ0) is 29.5. The van der Waals surface area contributed by atoms with Gasteiger partial charge in [-0.2, -0.15) is 4.89 Å². The van der Waals surface area contributed by atoms with Crippen molar-refractivity contribution in [1.29, 1.82) is 0 Å². The number of esters is 1. The fourth-order valence-electron chi connectivity index (χ4n) is 5.03. The smallest absolute Gasteiger partial charge is 0.387 e. The second kappa shape index (κ2) is 13.4. The highest BCUT2D eigenvalue weighted by Gasteiger charge is 2.44. The maximum atomic E-state index is 14.0. The van der Waals surface area contributed by atoms with Crippen LogP contribution in [0, 0.1) is 18.3 Å². The molecule has 4 rings (SSSR count). The number of halogens is 1. The van der Waals surface area contributed by atoms with E-state index in [1.165, 1.54) is 12.1 Å². The molecular formula is C33H30FNO5P+. The number of hydrogen-bond acceptors (Lipinski definition) is 5. The molecule has 0 aliphatic carbocycles. The lowest BCUT2D eigenvalue weighted by Crippen LogP contribution is -2.23. The molecule has 0 spiro atoms. The fraction of sp³-hybridized carbons (Fsp3) is 0.212. The van der Waals surface area contributed by atoms with Gasteiger partial charge in [-0.15, -0.1) is 0 Å². The van der Waals surface area contributed by atoms with Crippen LogP contribution in [0.5, 0.6) is 0 Å². The molecule has 3 atom stereocenters. The lowest BCUT2D eigenvalue weighted by atomic mass is 9.84. The Morgan fingerprint density at radius 1 is 1.00 bits per heavy atom. The number of pyridine rings is 1. The summed E-state index contributed by atoms with van der Waals surface area (Å²) in [5.41, 5.74) is 3.09. The summed E-state index contributed by atoms with van der Waals surface area (Å²) in [6.45, 7) is 3.79. The van der Waals surface area contributed by atoms with Crippen LogP contribution in [0.4, 0.5) is 4.39 Å². The lowest BCUT2D eigenvalue weighted by Gasteiger charge is -2.25. The maximum absolute atomic E-state index is 14.0. The third-order valence-corrected chi connectivity index (χ3v) is 7.90. The van der Waals surface area contributed by atoms with Gasteiger partial charge >= 0.3 is 14.0 Å². The van der Waals surface area contributed by atoms with Gasteiger partial charge in [0.2, 0.25) is 5.66 Å². The maximum Gasteiger partial charge on any atom is 0.516 e. The van der Waals surface area contributed by atoms with Crippen molar-refractivity contribution in [1.82, 2.24) is 4.98 Å². The van der Waals surface area contributed by atoms with E-state index in [9.17, 15) is 23.7 Å². The second-order valence-corrected chi connectivity index (χ2v) is 11.1. The van der Waals surface area contributed by atoms with Crippen LogP contribution in [-0.4, -0.2) is 27.1 Å². The highest BCUT2D eigenvalue weighted by molar-refractivity contribution is 7.38. The Morgan fingerprint density at radius 3 is 2.05 bits per heavy atom. The van der Waals surface area contributed by atoms with E-state index in [1.807, 2.05) is 80.6 Å². The lowest BCUT2D eigenvalue weighted by molar-refractivity contribution is -0.139. The van der Waals surface area contributed by atoms with E-state index >= 15 is 0 Å². The van der Waals surface area contributed by atoms with E-state index in [0.29, 0.717) is 28.1 Å². The Kier molecular flexibility index (Phi) is 9.75. The summed E-state index contributed by atoms with van der Waals surface area (Å²) in [5.74, 6) is -1.89. The predicted octanol–water partition coefficient (Wildman–Crippen LogP) is 6.85. The van der Waals surface area contributed by atoms with Gasteiger partial charge in [0.05, 0.1) is 23.7 Å². The molecule has 41 heavy (non-hydrogen) atoms. The van der Waals surface area contributed by atoms with Crippen LogP contribution in [0.25, 0.3) is 11.1 Å². The van der Waals surface area contributed by atoms with Crippen molar-refractivity contribution in [2.45, 2.75) is 43.9 Å². The molecule has 6 nitrogen and oxygen atoms in total. The van der Waals surface area contributed by atoms with Crippen molar-refractivity contribution in [3.05, 3.63) is 125 Å². The number of carbonyl (C=O) groups is 1. The highest BCUT2D eigenvalue weighted by Crippen LogP contribution is 2.49. The van der Waals surface area contributed by atoms with E-state index in [4.69, 9.17) is 11.4 Å². The molecule has 0 bridgehead atoms. The Labute approximate surface area is 239 Å². The Hall–Kier alpha value is -4.21. The molecular weight excluding hydrogens is 540 g/mol. The average Bonchev–Trinajstić information content (AvgIpc) is 2.95. The van der Waals surface area contributed by atoms with E-state index in [0.717, 1.165) is 11.1 Å². The molecule has 0 saturated carbocycles. The number of aliphatic hydroxyl groups excluding tert-OH is 1. The van der Waals surface area contributed by atoms with Gasteiger partial charge in [-0.05, 0) is 50.9 Å². The number of ether oxygens (including phenoxy) is 1. The molecule has 8 heteroatoms. The third kappa shape index (κ3) is 6.93. The van der Waals surface area contributed by atoms with Gasteiger partial charge in [0.25, 0.3) is 0 Å². The van der Waals surface area contributed by atoms with Crippen molar-refractivity contribution in [2.24, 2.45) is 0 Å². The van der Waals surface area contributed by atoms with E-state index in [-0.39, 0.29) is 11.8 Å². The van der Waals surface area contributed by atoms with E-state index in [1.54, 1.807) is 18.2 Å². The molecule has 1 aromatic heterocycles. The Morgan fingerprint density at radius 2 is 1.56 bits per heavy atom. The summed E-state index contributed by atoms with van der Waals surface area (Å²) in [6.07, 6.45) is 4.60. The first-order valence-corrected chi connectivity index (χ1v) is 14.4. The second-order valence-electron chi connectivity index (χ2n) is 9.92. The first-order valence-electron chi connectivity index (χ1n) is 13.1. The summed E-state index contributed by atoms with van der Waals surface area (Å²) in [4.78, 5) is 27.7. The molecule has 0 saturated heterocycles. The molecule has 2 N–H and O–H groups in total. The number of terminal acetylenes is 1. The van der Waals surface area contributed by atoms with Crippen molar-refractivity contribution in [3.8, 4) is 23.7 Å². The highest BCUT2D eigenvalue weighted by atomic mass is 31.1. The first kappa shape index (κ1) is 29.8. The first-order chi connectivity index (χ1) is 19.7. The van der Waals surface area contributed by atoms with Crippen LogP contribution in [0.1, 0.15) is 65.8 Å². The summed E-state index contributed by atoms with van der Waals surface area (Å²) < 4.78 is 31.4. The third-order valence-electron chi connectivity index (χ3n) is 6.82. The SMILES string of the molecule is C#COC(=O)CC(O)C(c1c(-c2ccc(F)cc2)cc(C(c2ccccc2)c2ccccc2)nc1C(C)C)[P+](=O)O. The summed E-state index contributed by atoms with van der Waals surface area (Å²) >= 11 is 0. The number of benzene rings is 3. The van der Waals surface area contributed by atoms with Crippen molar-refractivity contribution >= 4 is 14.0 Å². The molecule has 208 valence electrons. The number of rotatable bonds is 10. The summed E-state index contributed by atoms with van der Waals surface area (Å²) in [7, 11) is -3.06. The zero-order valence-electron chi connectivity index (χ0n) is 22.6. The molecule has 4 aromatic rings. The standard InChI is InChI=1S/C33H29FNO5P/c1-4-40-29(37)20-28(36)33(41(38)39)31-26(22-15-17-25(34)18-16-22)19-27(35-32(31)21(2)3)30(23-11-7-5-8-12-23)24-13-9-6-10-14-24/h1,5-19,21,28,30,33,36H,20H2,2-3H3/p+1. The van der Waals surface area contributed by atoms with Crippen LogP contribution in [0.3, 0.4) is 0 Å². The largest absolute Gasteiger partial charge is 0.516 e. The van der Waals surface area contributed by atoms with Gasteiger partial charge in [0.1, 0.15) is 18.0 Å². The van der Waals surface area contributed by atoms with Crippen LogP contribution in [0.15, 0.2) is 91.0 Å². The number of nitrogens with zero attached hydrogens (tertiary/aromatic N) is 1. The monoisotopic (exact) mass is 570 g/mol. The summed E-state index contributed by atoms with van der Waals surface area (Å²) in [5, 5.41) is 11.1. The number of carbonyl (C=O) groups excluding carboxylic acids is 1. The molecule has 3 aromatic carbocycles. The predicted molar refractivity (Wildman–Crippen MR) is 156 cm³/mol. The van der Waals surface area contributed by atoms with Crippen LogP contribution in [0.2, 0.25) is 0 Å². The van der Waals surface area contributed by atoms with Gasteiger partial charge < -0.3 is 9.84 Å². The van der Waals surface area contributed by atoms with Crippen LogP contribution in [-0.2, 0) is 14.1 Å². The van der Waals surface area contributed by atoms with Gasteiger partial charge in [0.15, 0.2) is 0 Å². The van der Waals surface area contributed by atoms with Crippen molar-refractivity contribution < 1.29 is 28.5 Å². The fourth-order valence-corrected chi connectivity index (χ4v) is 5.92. The average molecular weight is 571 g/mol. The molecule has 3 unspecified atom stereocenters. The van der Waals surface area contributed by atoms with Crippen molar-refractivity contribution in [3.63, 3.8) is 0 Å². The topological polar surface area (TPSA) is 96.7 Å². The van der Waals surface area contributed by atoms with Gasteiger partial charge in [-0.25, -0.2) is 4.39 Å². The molecule has 1 heterocycles. The molecule has 0 radical (unpaired) electrons. The minimum absolute atomic E-state index is 0.251. The summed E-state index contributed by atoms with van der Waals surface area (Å²) in [6, 6.07) is 27.2. The minimum atomic E-state index is -3.06. The molecule has 0 aliphatic heterocycles. The minimum Gasteiger partial charge on any atom is -0.387 e. The molecule has 0 aliphatic rings. The zero-order valence-corrected chi connectivity index (χ0v) is 23.5. The quantitative estimate of drug-likeness (QED) is 0.123. The van der Waals surface area contributed by atoms with Gasteiger partial charge in [0, 0.05) is 5.56 Å². The van der Waals surface area contributed by atoms with E-state index < -0.39 is 38.0 Å². The number of hydrogen-bond donors (Lipinski definition) is 2.